The first-order chi connectivity index (χ1) is 4.83. The van der Waals surface area contributed by atoms with E-state index < -0.39 is 0 Å². The second kappa shape index (κ2) is 4.52. The van der Waals surface area contributed by atoms with E-state index in [0.717, 1.165) is 61.3 Å². The maximum absolute atomic E-state index is 5.32. The van der Waals surface area contributed by atoms with Crippen LogP contribution in [-0.4, -0.2) is 55.6 Å². The molecule has 0 aliphatic carbocycles. The predicted octanol–water partition coefficient (Wildman–Crippen LogP) is 0.879. The van der Waals surface area contributed by atoms with Crippen LogP contribution in [0.1, 0.15) is 6.92 Å². The molecule has 0 unspecified atom stereocenters. The van der Waals surface area contributed by atoms with E-state index in [1.165, 1.54) is -0.342 Å². The van der Waals surface area contributed by atoms with Crippen molar-refractivity contribution in [1.82, 2.24) is 0 Å². The molecule has 0 atom stereocenters. The molecule has 0 bridgehead atoms. The quantitative estimate of drug-likeness (QED) is 0.584. The van der Waals surface area contributed by atoms with Crippen molar-refractivity contribution < 1.29 is 4.74 Å². The molecule has 0 saturated carbocycles. The van der Waals surface area contributed by atoms with Crippen molar-refractivity contribution in [2.24, 2.45) is 0 Å². The molecule has 0 saturated heterocycles. The fraction of sp³-hybridized carbons (Fsp3) is 0.250. The van der Waals surface area contributed by atoms with Crippen LogP contribution in [-0.2, 0) is 0 Å². The minimum atomic E-state index is 0.760. The molecule has 1 rings (SSSR count). The zero-order chi connectivity index (χ0) is 7.40. The van der Waals surface area contributed by atoms with E-state index in [1.807, 2.05) is 19.1 Å². The minimum absolute atomic E-state index is 0.760. The molecule has 10 heavy (non-hydrogen) atoms. The van der Waals surface area contributed by atoms with Crippen LogP contribution in [0.4, 0.5) is 0 Å². The zero-order valence-electron chi connectivity index (χ0n) is 6.42. The first kappa shape index (κ1) is 8.75. The van der Waals surface area contributed by atoms with Crippen LogP contribution >= 0.6 is 0 Å². The SMILES string of the molecule is CCOc1ccc[c]([K])c1. The Morgan fingerprint density at radius 2 is 2.30 bits per heavy atom. The van der Waals surface area contributed by atoms with E-state index in [1.54, 1.807) is 0 Å². The maximum atomic E-state index is 5.32. The number of ether oxygens (including phenoxy) is 1. The van der Waals surface area contributed by atoms with Crippen molar-refractivity contribution in [3.8, 4) is 5.75 Å². The first-order valence-electron chi connectivity index (χ1n) is 3.52. The second-order valence-corrected chi connectivity index (χ2v) is 4.05. The molecule has 0 N–H and O–H groups in total. The summed E-state index contributed by atoms with van der Waals surface area (Å²) in [5.74, 6) is 1.01. The zero-order valence-corrected chi connectivity index (χ0v) is 9.55. The fourth-order valence-corrected chi connectivity index (χ4v) is 1.62. The number of rotatable bonds is 2. The van der Waals surface area contributed by atoms with Gasteiger partial charge < -0.3 is 0 Å². The van der Waals surface area contributed by atoms with Crippen molar-refractivity contribution in [1.29, 1.82) is 0 Å². The van der Waals surface area contributed by atoms with Gasteiger partial charge in [-0.2, -0.15) is 0 Å². The summed E-state index contributed by atoms with van der Waals surface area (Å²) in [7, 11) is 0. The summed E-state index contributed by atoms with van der Waals surface area (Å²) in [5, 5.41) is 0. The van der Waals surface area contributed by atoms with Gasteiger partial charge in [-0.25, -0.2) is 0 Å². The van der Waals surface area contributed by atoms with Crippen molar-refractivity contribution >= 4 is 48.6 Å². The number of hydrogen-bond donors (Lipinski definition) is 0. The Hall–Kier alpha value is 0.656. The molecule has 0 heterocycles. The van der Waals surface area contributed by atoms with E-state index >= 15 is 0 Å². The molecule has 48 valence electrons. The first-order valence-corrected chi connectivity index (χ1v) is 5.08. The van der Waals surface area contributed by atoms with E-state index in [-0.39, 0.29) is 0 Å². The average molecular weight is 160 g/mol. The van der Waals surface area contributed by atoms with E-state index in [0.29, 0.717) is 0 Å². The summed E-state index contributed by atoms with van der Waals surface area (Å²) >= 11 is 0.764. The van der Waals surface area contributed by atoms with Gasteiger partial charge >= 0.3 is 96.9 Å². The Bertz CT molecular complexity index is 210. The van der Waals surface area contributed by atoms with Crippen LogP contribution in [0.5, 0.6) is 5.75 Å². The standard InChI is InChI=1S/C8H9O.K/c1-2-9-8-6-4-3-5-7-8;/h3-4,6-7H,2H2,1H3;. The number of benzene rings is 1. The van der Waals surface area contributed by atoms with Gasteiger partial charge in [0.2, 0.25) is 0 Å². The molecule has 0 aliphatic heterocycles. The van der Waals surface area contributed by atoms with Crippen molar-refractivity contribution in [3.05, 3.63) is 24.3 Å². The van der Waals surface area contributed by atoms with Gasteiger partial charge in [0.25, 0.3) is 0 Å². The molecule has 1 nitrogen and oxygen atoms in total. The van der Waals surface area contributed by atoms with Gasteiger partial charge in [0.05, 0.1) is 0 Å². The molecule has 1 aromatic carbocycles. The summed E-state index contributed by atoms with van der Waals surface area (Å²) in [6.45, 7) is 2.76. The van der Waals surface area contributed by atoms with Gasteiger partial charge in [-0.05, 0) is 0 Å². The molecule has 0 radical (unpaired) electrons. The van der Waals surface area contributed by atoms with Gasteiger partial charge in [0.1, 0.15) is 0 Å². The predicted molar refractivity (Wildman–Crippen MR) is 43.0 cm³/mol. The third kappa shape index (κ3) is 2.72. The summed E-state index contributed by atoms with van der Waals surface area (Å²) in [5.41, 5.74) is 0. The summed E-state index contributed by atoms with van der Waals surface area (Å²) in [4.78, 5) is 0. The Morgan fingerprint density at radius 1 is 1.50 bits per heavy atom. The molecule has 2 heteroatoms. The van der Waals surface area contributed by atoms with Crippen LogP contribution in [0.25, 0.3) is 0 Å². The Labute approximate surface area is 95.4 Å². The third-order valence-electron chi connectivity index (χ3n) is 1.30. The molecule has 0 amide bonds. The van der Waals surface area contributed by atoms with Gasteiger partial charge in [-0.15, -0.1) is 0 Å². The van der Waals surface area contributed by atoms with Crippen LogP contribution in [0, 0.1) is 0 Å². The fourth-order valence-electron chi connectivity index (χ4n) is 0.872. The molecular weight excluding hydrogens is 151 g/mol. The third-order valence-corrected chi connectivity index (χ3v) is 2.27. The van der Waals surface area contributed by atoms with Crippen molar-refractivity contribution in [2.45, 2.75) is 6.92 Å². The van der Waals surface area contributed by atoms with Crippen molar-refractivity contribution in [2.75, 3.05) is 6.61 Å². The molecular formula is C8H9KO. The molecule has 0 aromatic heterocycles. The summed E-state index contributed by atoms with van der Waals surface area (Å²) in [6.07, 6.45) is 0. The Balaban J connectivity index is 2.75. The van der Waals surface area contributed by atoms with Crippen LogP contribution in [0.2, 0.25) is 0 Å². The number of hydrogen-bond acceptors (Lipinski definition) is 1. The van der Waals surface area contributed by atoms with Gasteiger partial charge in [-0.3, -0.25) is 0 Å². The molecule has 0 spiro atoms. The monoisotopic (exact) mass is 160 g/mol. The normalized spacial score (nSPS) is 9.50. The Kier molecular flexibility index (Phi) is 3.95. The molecule has 1 aromatic rings. The molecule has 0 aliphatic rings. The topological polar surface area (TPSA) is 9.23 Å². The van der Waals surface area contributed by atoms with Crippen LogP contribution in [0.15, 0.2) is 24.3 Å². The summed E-state index contributed by atoms with van der Waals surface area (Å²) < 4.78 is 6.75. The summed E-state index contributed by atoms with van der Waals surface area (Å²) in [6, 6.07) is 8.30. The molecule has 0 fully saturated rings. The van der Waals surface area contributed by atoms with Gasteiger partial charge in [0, 0.05) is 0 Å². The average Bonchev–Trinajstić information content (AvgIpc) is 1.88. The van der Waals surface area contributed by atoms with Gasteiger partial charge in [0.15, 0.2) is 0 Å². The van der Waals surface area contributed by atoms with Crippen LogP contribution < -0.4 is 4.39 Å². The van der Waals surface area contributed by atoms with Gasteiger partial charge in [-0.1, -0.05) is 0 Å². The Morgan fingerprint density at radius 3 is 2.90 bits per heavy atom. The van der Waals surface area contributed by atoms with Crippen LogP contribution in [0.3, 0.4) is 0 Å². The second-order valence-electron chi connectivity index (χ2n) is 2.25. The van der Waals surface area contributed by atoms with E-state index in [4.69, 9.17) is 4.74 Å². The van der Waals surface area contributed by atoms with Crippen molar-refractivity contribution in [3.63, 3.8) is 0 Å². The van der Waals surface area contributed by atoms with E-state index in [2.05, 4.69) is 12.1 Å². The van der Waals surface area contributed by atoms with E-state index in [9.17, 15) is 0 Å².